The smallest absolute Gasteiger partial charge is 0.232 e. The minimum Gasteiger partial charge on any atom is -0.394 e. The van der Waals surface area contributed by atoms with Gasteiger partial charge >= 0.3 is 0 Å². The number of thioether (sulfide) groups is 1. The molecule has 0 aromatic rings. The van der Waals surface area contributed by atoms with Crippen LogP contribution in [0.15, 0.2) is 0 Å². The fraction of sp³-hybridized carbons (Fsp3) is 0.923. The Morgan fingerprint density at radius 1 is 1.35 bits per heavy atom. The summed E-state index contributed by atoms with van der Waals surface area (Å²) in [6, 6.07) is 0.0468. The molecule has 0 spiro atoms. The summed E-state index contributed by atoms with van der Waals surface area (Å²) >= 11 is 1.68. The average Bonchev–Trinajstić information content (AvgIpc) is 2.49. The summed E-state index contributed by atoms with van der Waals surface area (Å²) in [7, 11) is 0. The average molecular weight is 259 g/mol. The van der Waals surface area contributed by atoms with E-state index in [1.54, 1.807) is 11.8 Å². The lowest BCUT2D eigenvalue weighted by Gasteiger charge is -2.29. The fourth-order valence-corrected chi connectivity index (χ4v) is 2.78. The van der Waals surface area contributed by atoms with E-state index in [1.807, 2.05) is 4.90 Å². The van der Waals surface area contributed by atoms with Crippen LogP contribution in [0.1, 0.15) is 46.5 Å². The molecule has 0 aliphatic carbocycles. The van der Waals surface area contributed by atoms with E-state index in [4.69, 9.17) is 0 Å². The fourth-order valence-electron chi connectivity index (χ4n) is 2.06. The Bertz CT molecular complexity index is 250. The molecule has 0 aromatic carbocycles. The van der Waals surface area contributed by atoms with E-state index in [1.165, 1.54) is 6.42 Å². The van der Waals surface area contributed by atoms with Gasteiger partial charge in [-0.15, -0.1) is 11.8 Å². The summed E-state index contributed by atoms with van der Waals surface area (Å²) < 4.78 is 0.121. The number of rotatable bonds is 3. The van der Waals surface area contributed by atoms with Crippen LogP contribution in [0.5, 0.6) is 0 Å². The zero-order valence-corrected chi connectivity index (χ0v) is 12.1. The summed E-state index contributed by atoms with van der Waals surface area (Å²) in [5.41, 5.74) is 0. The van der Waals surface area contributed by atoms with Crippen LogP contribution in [0.4, 0.5) is 0 Å². The third-order valence-corrected chi connectivity index (χ3v) is 4.29. The van der Waals surface area contributed by atoms with Gasteiger partial charge in [-0.3, -0.25) is 4.79 Å². The molecule has 0 aromatic heterocycles. The first-order valence-electron chi connectivity index (χ1n) is 6.48. The molecule has 100 valence electrons. The van der Waals surface area contributed by atoms with Crippen molar-refractivity contribution in [3.05, 3.63) is 0 Å². The maximum atomic E-state index is 12.2. The van der Waals surface area contributed by atoms with Crippen LogP contribution >= 0.6 is 11.8 Å². The Morgan fingerprint density at radius 3 is 2.65 bits per heavy atom. The number of nitrogens with zero attached hydrogens (tertiary/aromatic N) is 1. The third-order valence-electron chi connectivity index (χ3n) is 3.04. The van der Waals surface area contributed by atoms with Crippen molar-refractivity contribution in [1.29, 1.82) is 0 Å². The lowest BCUT2D eigenvalue weighted by Crippen LogP contribution is -2.43. The van der Waals surface area contributed by atoms with Crippen LogP contribution in [0.3, 0.4) is 0 Å². The lowest BCUT2D eigenvalue weighted by atomic mass is 10.1. The zero-order valence-electron chi connectivity index (χ0n) is 11.2. The van der Waals surface area contributed by atoms with Gasteiger partial charge in [0.15, 0.2) is 0 Å². The highest BCUT2D eigenvalue weighted by Gasteiger charge is 2.25. The molecular formula is C13H25NO2S. The van der Waals surface area contributed by atoms with Crippen LogP contribution in [0.25, 0.3) is 0 Å². The molecule has 0 bridgehead atoms. The van der Waals surface area contributed by atoms with Crippen molar-refractivity contribution in [3.63, 3.8) is 0 Å². The number of hydrogen-bond donors (Lipinski definition) is 1. The molecule has 17 heavy (non-hydrogen) atoms. The predicted octanol–water partition coefficient (Wildman–Crippen LogP) is 2.28. The Kier molecular flexibility index (Phi) is 5.80. The van der Waals surface area contributed by atoms with Crippen molar-refractivity contribution in [1.82, 2.24) is 4.90 Å². The molecule has 3 nitrogen and oxygen atoms in total. The summed E-state index contributed by atoms with van der Waals surface area (Å²) in [5.74, 6) is 0.714. The minimum absolute atomic E-state index is 0.0468. The lowest BCUT2D eigenvalue weighted by molar-refractivity contribution is -0.131. The third kappa shape index (κ3) is 5.30. The Balaban J connectivity index is 2.52. The molecule has 1 aliphatic rings. The van der Waals surface area contributed by atoms with Crippen molar-refractivity contribution in [2.45, 2.75) is 57.2 Å². The van der Waals surface area contributed by atoms with E-state index < -0.39 is 0 Å². The predicted molar refractivity (Wildman–Crippen MR) is 73.3 cm³/mol. The molecule has 1 saturated heterocycles. The van der Waals surface area contributed by atoms with Crippen molar-refractivity contribution >= 4 is 17.7 Å². The molecule has 1 atom stereocenters. The van der Waals surface area contributed by atoms with E-state index in [0.717, 1.165) is 25.8 Å². The van der Waals surface area contributed by atoms with Crippen molar-refractivity contribution in [2.75, 3.05) is 18.9 Å². The highest BCUT2D eigenvalue weighted by molar-refractivity contribution is 8.01. The van der Waals surface area contributed by atoms with Gasteiger partial charge in [0.05, 0.1) is 18.4 Å². The zero-order chi connectivity index (χ0) is 12.9. The van der Waals surface area contributed by atoms with Crippen LogP contribution in [-0.2, 0) is 4.79 Å². The minimum atomic E-state index is 0.0468. The molecule has 1 rings (SSSR count). The van der Waals surface area contributed by atoms with Crippen LogP contribution in [0.2, 0.25) is 0 Å². The van der Waals surface area contributed by atoms with Gasteiger partial charge in [0.25, 0.3) is 0 Å². The first kappa shape index (κ1) is 14.8. The quantitative estimate of drug-likeness (QED) is 0.845. The largest absolute Gasteiger partial charge is 0.394 e. The second kappa shape index (κ2) is 6.64. The van der Waals surface area contributed by atoms with E-state index in [9.17, 15) is 9.90 Å². The maximum absolute atomic E-state index is 12.2. The second-order valence-corrected chi connectivity index (χ2v) is 7.48. The molecule has 1 amide bonds. The van der Waals surface area contributed by atoms with Gasteiger partial charge in [-0.05, 0) is 12.8 Å². The Labute approximate surface area is 109 Å². The van der Waals surface area contributed by atoms with Gasteiger partial charge in [-0.25, -0.2) is 0 Å². The SMILES string of the molecule is CC(C)(C)SCC(=O)N1CCCCCC1CO. The van der Waals surface area contributed by atoms with Crippen LogP contribution in [-0.4, -0.2) is 45.6 Å². The molecule has 4 heteroatoms. The molecule has 1 fully saturated rings. The van der Waals surface area contributed by atoms with E-state index in [2.05, 4.69) is 20.8 Å². The highest BCUT2D eigenvalue weighted by atomic mass is 32.2. The maximum Gasteiger partial charge on any atom is 0.232 e. The van der Waals surface area contributed by atoms with Gasteiger partial charge in [0.1, 0.15) is 0 Å². The van der Waals surface area contributed by atoms with E-state index in [-0.39, 0.29) is 23.3 Å². The summed E-state index contributed by atoms with van der Waals surface area (Å²) in [4.78, 5) is 14.1. The standard InChI is InChI=1S/C13H25NO2S/c1-13(2,3)17-10-12(16)14-8-6-4-5-7-11(14)9-15/h11,15H,4-10H2,1-3H3. The van der Waals surface area contributed by atoms with Crippen LogP contribution in [0, 0.1) is 0 Å². The van der Waals surface area contributed by atoms with E-state index >= 15 is 0 Å². The van der Waals surface area contributed by atoms with Gasteiger partial charge in [-0.2, -0.15) is 0 Å². The number of aliphatic hydroxyl groups excluding tert-OH is 1. The highest BCUT2D eigenvalue weighted by Crippen LogP contribution is 2.24. The number of amides is 1. The topological polar surface area (TPSA) is 40.5 Å². The molecule has 0 radical (unpaired) electrons. The molecular weight excluding hydrogens is 234 g/mol. The van der Waals surface area contributed by atoms with Crippen molar-refractivity contribution in [2.24, 2.45) is 0 Å². The van der Waals surface area contributed by atoms with E-state index in [0.29, 0.717) is 5.75 Å². The van der Waals surface area contributed by atoms with Gasteiger partial charge in [0.2, 0.25) is 5.91 Å². The molecule has 1 heterocycles. The summed E-state index contributed by atoms with van der Waals surface area (Å²) in [5, 5.41) is 9.36. The molecule has 0 saturated carbocycles. The van der Waals surface area contributed by atoms with Gasteiger partial charge in [-0.1, -0.05) is 33.6 Å². The number of carbonyl (C=O) groups is 1. The summed E-state index contributed by atoms with van der Waals surface area (Å²) in [6.07, 6.45) is 4.32. The summed E-state index contributed by atoms with van der Waals surface area (Å²) in [6.45, 7) is 7.28. The first-order valence-corrected chi connectivity index (χ1v) is 7.47. The number of likely N-dealkylation sites (tertiary alicyclic amines) is 1. The monoisotopic (exact) mass is 259 g/mol. The molecule has 1 unspecified atom stereocenters. The first-order chi connectivity index (χ1) is 7.94. The number of carbonyl (C=O) groups excluding carboxylic acids is 1. The number of hydrogen-bond acceptors (Lipinski definition) is 3. The van der Waals surface area contributed by atoms with Crippen molar-refractivity contribution in [3.8, 4) is 0 Å². The Hall–Kier alpha value is -0.220. The molecule has 1 N–H and O–H groups in total. The molecule has 1 aliphatic heterocycles. The van der Waals surface area contributed by atoms with Crippen molar-refractivity contribution < 1.29 is 9.90 Å². The second-order valence-electron chi connectivity index (χ2n) is 5.67. The number of aliphatic hydroxyl groups is 1. The Morgan fingerprint density at radius 2 is 2.06 bits per heavy atom. The van der Waals surface area contributed by atoms with Crippen LogP contribution < -0.4 is 0 Å². The van der Waals surface area contributed by atoms with Gasteiger partial charge in [0, 0.05) is 11.3 Å². The normalized spacial score (nSPS) is 22.4. The van der Waals surface area contributed by atoms with Gasteiger partial charge < -0.3 is 10.0 Å².